The molecule has 2 radical (unpaired) electrons. The van der Waals surface area contributed by atoms with Crippen molar-refractivity contribution in [3.05, 3.63) is 0 Å². The van der Waals surface area contributed by atoms with E-state index in [9.17, 15) is 0 Å². The van der Waals surface area contributed by atoms with E-state index in [1.807, 2.05) is 0 Å². The Morgan fingerprint density at radius 2 is 1.00 bits per heavy atom. The number of rotatable bonds is 0. The zero-order chi connectivity index (χ0) is 0. The minimum absolute atomic E-state index is 0. The molecule has 0 atom stereocenters. The maximum absolute atomic E-state index is 0. The van der Waals surface area contributed by atoms with E-state index in [1.165, 1.54) is 0 Å². The van der Waals surface area contributed by atoms with Gasteiger partial charge in [0.05, 0.1) is 0 Å². The molecule has 0 aromatic heterocycles. The van der Waals surface area contributed by atoms with Gasteiger partial charge in [-0.1, -0.05) is 0 Å². The van der Waals surface area contributed by atoms with Crippen molar-refractivity contribution < 1.29 is 39.9 Å². The largest absolute Gasteiger partial charge is 3.00 e. The average Bonchev–Trinajstić information content (AvgIpc) is 0. The first-order valence-corrected chi connectivity index (χ1v) is 0. The summed E-state index contributed by atoms with van der Waals surface area (Å²) in [6.07, 6.45) is 0. The van der Waals surface area contributed by atoms with Gasteiger partial charge < -0.3 is 5.48 Å². The molecule has 0 rings (SSSR count). The Balaban J connectivity index is 0. The SMILES string of the molecule is [Ba+2].[Cr+3].[Cu+2].[Mg+2].[O-2]. The first-order valence-electron chi connectivity index (χ1n) is 0. The van der Waals surface area contributed by atoms with Crippen LogP contribution in [0, 0.1) is 0 Å². The van der Waals surface area contributed by atoms with Gasteiger partial charge in [0.2, 0.25) is 0 Å². The van der Waals surface area contributed by atoms with E-state index in [1.54, 1.807) is 0 Å². The fraction of sp³-hybridized carbons (Fsp3) is 0. The van der Waals surface area contributed by atoms with Crippen LogP contribution < -0.4 is 0 Å². The summed E-state index contributed by atoms with van der Waals surface area (Å²) in [5.41, 5.74) is 0. The fourth-order valence-electron chi connectivity index (χ4n) is 0. The molecule has 20 valence electrons. The molecule has 0 aromatic rings. The van der Waals surface area contributed by atoms with Crippen LogP contribution in [0.25, 0.3) is 0 Å². The summed E-state index contributed by atoms with van der Waals surface area (Å²) in [7, 11) is 0. The van der Waals surface area contributed by atoms with Crippen LogP contribution in [-0.2, 0) is 39.9 Å². The van der Waals surface area contributed by atoms with Crippen molar-refractivity contribution in [3.63, 3.8) is 0 Å². The molecule has 5 heavy (non-hydrogen) atoms. The van der Waals surface area contributed by atoms with Gasteiger partial charge in [-0.2, -0.15) is 0 Å². The predicted octanol–water partition coefficient (Wildman–Crippen LogP) is -0.885. The Labute approximate surface area is 109 Å². The molecular weight excluding hydrogens is 293 g/mol. The second-order valence-electron chi connectivity index (χ2n) is 0. The average molecular weight is 293 g/mol. The molecule has 0 N–H and O–H groups in total. The van der Waals surface area contributed by atoms with Crippen LogP contribution >= 0.6 is 0 Å². The molecule has 0 bridgehead atoms. The molecule has 0 aliphatic carbocycles. The van der Waals surface area contributed by atoms with E-state index in [2.05, 4.69) is 0 Å². The maximum Gasteiger partial charge on any atom is 3.00 e. The van der Waals surface area contributed by atoms with Crippen molar-refractivity contribution in [2.24, 2.45) is 0 Å². The summed E-state index contributed by atoms with van der Waals surface area (Å²) in [5, 5.41) is 0. The zero-order valence-electron chi connectivity index (χ0n) is 2.53. The van der Waals surface area contributed by atoms with Gasteiger partial charge in [0.1, 0.15) is 0 Å². The maximum atomic E-state index is 0. The van der Waals surface area contributed by atoms with Gasteiger partial charge in [-0.25, -0.2) is 0 Å². The summed E-state index contributed by atoms with van der Waals surface area (Å²) >= 11 is 0. The molecule has 0 fully saturated rings. The Hall–Kier alpha value is 3.35. The minimum atomic E-state index is 0. The molecule has 5 heteroatoms. The second-order valence-corrected chi connectivity index (χ2v) is 0. The smallest absolute Gasteiger partial charge is 2.00 e. The van der Waals surface area contributed by atoms with Crippen molar-refractivity contribution in [1.29, 1.82) is 0 Å². The first-order chi connectivity index (χ1) is 0. The summed E-state index contributed by atoms with van der Waals surface area (Å²) in [4.78, 5) is 0. The minimum Gasteiger partial charge on any atom is -2.00 e. The van der Waals surface area contributed by atoms with Crippen LogP contribution in [0.5, 0.6) is 0 Å². The molecule has 1 nitrogen and oxygen atoms in total. The molecule has 0 aliphatic rings. The van der Waals surface area contributed by atoms with E-state index < -0.39 is 0 Å². The molecule has 0 aliphatic heterocycles. The molecule has 0 aromatic carbocycles. The van der Waals surface area contributed by atoms with Gasteiger partial charge in [0, 0.05) is 0 Å². The van der Waals surface area contributed by atoms with Crippen molar-refractivity contribution in [2.45, 2.75) is 0 Å². The van der Waals surface area contributed by atoms with E-state index >= 15 is 0 Å². The first kappa shape index (κ1) is 40.2. The molecule has 0 unspecified atom stereocenters. The van der Waals surface area contributed by atoms with Crippen LogP contribution in [0.15, 0.2) is 0 Å². The molecule has 0 spiro atoms. The summed E-state index contributed by atoms with van der Waals surface area (Å²) in [6.45, 7) is 0. The van der Waals surface area contributed by atoms with Crippen molar-refractivity contribution in [2.75, 3.05) is 0 Å². The van der Waals surface area contributed by atoms with E-state index in [0.717, 1.165) is 0 Å². The van der Waals surface area contributed by atoms with Gasteiger partial charge in [0.25, 0.3) is 0 Å². The van der Waals surface area contributed by atoms with Crippen LogP contribution in [0.1, 0.15) is 0 Å². The third-order valence-electron chi connectivity index (χ3n) is 0. The standard InChI is InChI=1S/Ba.Cr.Cu.Mg.O/q+2;+3;2*+2;-2. The normalized spacial score (nSPS) is 0. The monoisotopic (exact) mass is 293 g/mol. The van der Waals surface area contributed by atoms with Gasteiger partial charge >= 0.3 is 106 Å². The van der Waals surface area contributed by atoms with Crippen molar-refractivity contribution >= 4 is 71.9 Å². The van der Waals surface area contributed by atoms with Crippen LogP contribution in [-0.4, -0.2) is 71.9 Å². The van der Waals surface area contributed by atoms with Crippen LogP contribution in [0.4, 0.5) is 0 Å². The Bertz CT molecular complexity index is 11.6. The van der Waals surface area contributed by atoms with Gasteiger partial charge in [-0.3, -0.25) is 0 Å². The Kier molecular flexibility index (Phi) is 212. The Morgan fingerprint density at radius 1 is 1.00 bits per heavy atom. The molecule has 0 saturated carbocycles. The number of hydrogen-bond acceptors (Lipinski definition) is 0. The van der Waals surface area contributed by atoms with Crippen LogP contribution in [0.3, 0.4) is 0 Å². The van der Waals surface area contributed by atoms with E-state index in [0.29, 0.717) is 0 Å². The van der Waals surface area contributed by atoms with Gasteiger partial charge in [0.15, 0.2) is 0 Å². The van der Waals surface area contributed by atoms with Crippen molar-refractivity contribution in [1.82, 2.24) is 0 Å². The molecular formula is BaCrCuMgO+7. The zero-order valence-corrected chi connectivity index (χ0v) is 10.6. The third kappa shape index (κ3) is 18.7. The number of hydrogen-bond donors (Lipinski definition) is 0. The summed E-state index contributed by atoms with van der Waals surface area (Å²) in [6, 6.07) is 0. The molecule has 0 saturated heterocycles. The summed E-state index contributed by atoms with van der Waals surface area (Å²) in [5.74, 6) is 0. The molecule has 0 amide bonds. The topological polar surface area (TPSA) is 28.5 Å². The van der Waals surface area contributed by atoms with Gasteiger partial charge in [-0.05, 0) is 0 Å². The van der Waals surface area contributed by atoms with Gasteiger partial charge in [-0.15, -0.1) is 0 Å². The fourth-order valence-corrected chi connectivity index (χ4v) is 0. The van der Waals surface area contributed by atoms with E-state index in [4.69, 9.17) is 0 Å². The van der Waals surface area contributed by atoms with Crippen LogP contribution in [0.2, 0.25) is 0 Å². The quantitative estimate of drug-likeness (QED) is 0.519. The second kappa shape index (κ2) is 26.4. The Morgan fingerprint density at radius 3 is 1.00 bits per heavy atom. The molecule has 0 heterocycles. The summed E-state index contributed by atoms with van der Waals surface area (Å²) < 4.78 is 0. The van der Waals surface area contributed by atoms with E-state index in [-0.39, 0.29) is 112 Å². The van der Waals surface area contributed by atoms with Crippen molar-refractivity contribution in [3.8, 4) is 0 Å². The predicted molar refractivity (Wildman–Crippen MR) is 12.2 cm³/mol. The third-order valence-corrected chi connectivity index (χ3v) is 0.